The van der Waals surface area contributed by atoms with E-state index in [1.165, 1.54) is 36.4 Å². The molecule has 5 N–H and O–H groups in total. The fraction of sp³-hybridized carbons (Fsp3) is 0.152. The van der Waals surface area contributed by atoms with Crippen LogP contribution >= 0.6 is 0 Å². The molecule has 738 valence electrons. The van der Waals surface area contributed by atoms with Gasteiger partial charge in [-0.15, -0.1) is 0 Å². The molecule has 1 fully saturated rings. The number of rotatable bonds is 47. The molecule has 17 aromatic rings. The van der Waals surface area contributed by atoms with Gasteiger partial charge in [0.05, 0.1) is 0 Å². The van der Waals surface area contributed by atoms with Crippen molar-refractivity contribution in [1.82, 2.24) is 0 Å². The molecule has 1 aliphatic rings. The quantitative estimate of drug-likeness (QED) is 0.0221. The van der Waals surface area contributed by atoms with Crippen molar-refractivity contribution >= 4 is 23.1 Å². The molecule has 0 aromatic heterocycles. The van der Waals surface area contributed by atoms with Gasteiger partial charge in [0.1, 0.15) is 85.4 Å². The Kier molecular flexibility index (Phi) is 32.2. The van der Waals surface area contributed by atoms with Crippen molar-refractivity contribution < 1.29 is 106 Å². The summed E-state index contributed by atoms with van der Waals surface area (Å²) in [7, 11) is 0. The molecule has 22 nitrogen and oxygen atoms in total. The van der Waals surface area contributed by atoms with Gasteiger partial charge in [0.25, 0.3) is 0 Å². The van der Waals surface area contributed by atoms with Crippen LogP contribution in [0.4, 0.5) is 0 Å². The number of benzene rings is 17. The molecule has 0 aliphatic carbocycles. The van der Waals surface area contributed by atoms with Crippen molar-refractivity contribution in [2.24, 2.45) is 0 Å². The van der Waals surface area contributed by atoms with Crippen LogP contribution in [0.3, 0.4) is 0 Å². The highest BCUT2D eigenvalue weighted by Crippen LogP contribution is 2.58. The summed E-state index contributed by atoms with van der Waals surface area (Å²) in [5.74, 6) is -14.4. The van der Waals surface area contributed by atoms with E-state index in [9.17, 15) is 5.11 Å². The SMILES string of the molecule is O=C(C(O)c1cc(OCc2ccccc2)c(OCc2ccccc2)c(OCc2ccccc2)c1)[C@H]1O[C@@](O)(Cc2ccccc2)[C@@](O)(C(=O)c2cc(OCc3ccccc3)c(OCc3ccccc3)c(OCc3ccccc3)c2)[C@](O)(C(=O)c2cc(OCc3ccccc3)c(OCc3ccccc3)c(OCc3ccccc3)c2)[C@@]1(O)C(=O)c1cc(OCc2ccccc2)c(OCc2ccccc2)c(OCc2ccccc2)c1. The zero-order valence-electron chi connectivity index (χ0n) is 80.2. The van der Waals surface area contributed by atoms with Crippen molar-refractivity contribution in [3.05, 3.63) is 537 Å². The lowest BCUT2D eigenvalue weighted by Gasteiger charge is -2.61. The van der Waals surface area contributed by atoms with E-state index in [1.54, 1.807) is 200 Å². The third kappa shape index (κ3) is 23.7. The lowest BCUT2D eigenvalue weighted by molar-refractivity contribution is -0.390. The Labute approximate surface area is 851 Å². The van der Waals surface area contributed by atoms with Gasteiger partial charge in [-0.3, -0.25) is 19.2 Å². The monoisotopic (exact) mass is 1960 g/mol. The Morgan fingerprint density at radius 1 is 0.224 bits per heavy atom. The van der Waals surface area contributed by atoms with Crippen molar-refractivity contribution in [3.63, 3.8) is 0 Å². The smallest absolute Gasteiger partial charge is 0.222 e. The molecule has 1 aliphatic heterocycles. The van der Waals surface area contributed by atoms with E-state index in [0.29, 0.717) is 66.8 Å². The van der Waals surface area contributed by atoms with Crippen molar-refractivity contribution in [3.8, 4) is 69.0 Å². The zero-order chi connectivity index (χ0) is 101. The number of Topliss-reactive ketones (excluding diaryl/α,β-unsaturated/α-hetero) is 4. The molecular formula is C125H106O22. The fourth-order valence-electron chi connectivity index (χ4n) is 17.4. The first-order valence-electron chi connectivity index (χ1n) is 48.1. The summed E-state index contributed by atoms with van der Waals surface area (Å²) < 4.78 is 89.1. The Bertz CT molecular complexity index is 6980. The van der Waals surface area contributed by atoms with Gasteiger partial charge >= 0.3 is 0 Å². The molecule has 0 spiro atoms. The maximum Gasteiger partial charge on any atom is 0.222 e. The van der Waals surface area contributed by atoms with Gasteiger partial charge in [-0.2, -0.15) is 0 Å². The minimum Gasteiger partial charge on any atom is -0.485 e. The van der Waals surface area contributed by atoms with Crippen LogP contribution in [-0.2, 0) is 95.2 Å². The number of ether oxygens (including phenoxy) is 13. The van der Waals surface area contributed by atoms with Crippen LogP contribution in [0.15, 0.2) is 443 Å². The third-order valence-corrected chi connectivity index (χ3v) is 25.2. The number of aliphatic hydroxyl groups is 5. The van der Waals surface area contributed by atoms with Gasteiger partial charge in [-0.1, -0.05) is 394 Å². The Morgan fingerprint density at radius 3 is 0.599 bits per heavy atom. The largest absolute Gasteiger partial charge is 0.485 e. The van der Waals surface area contributed by atoms with Crippen LogP contribution < -0.4 is 56.8 Å². The van der Waals surface area contributed by atoms with Crippen LogP contribution in [0, 0.1) is 0 Å². The molecule has 0 saturated carbocycles. The van der Waals surface area contributed by atoms with Crippen LogP contribution in [0.5, 0.6) is 69.0 Å². The lowest BCUT2D eigenvalue weighted by Crippen LogP contribution is -2.90. The number of hydrogen-bond donors (Lipinski definition) is 5. The predicted octanol–water partition coefficient (Wildman–Crippen LogP) is 22.4. The highest BCUT2D eigenvalue weighted by atomic mass is 16.7. The van der Waals surface area contributed by atoms with Gasteiger partial charge in [0, 0.05) is 23.1 Å². The van der Waals surface area contributed by atoms with E-state index in [0.717, 1.165) is 36.4 Å². The summed E-state index contributed by atoms with van der Waals surface area (Å²) in [5.41, 5.74) is -9.89. The Balaban J connectivity index is 0.936. The van der Waals surface area contributed by atoms with E-state index in [2.05, 4.69) is 0 Å². The Morgan fingerprint density at radius 2 is 0.395 bits per heavy atom. The standard InChI is InChI=1S/C125H106O22/c126-112(100-66-104(135-75-88-42-16-2-17-43-88)114(143-83-96-58-32-10-33-59-96)105(67-100)136-76-89-44-18-3-19-45-89)113(127)121-123(132,118(128)101-68-106(137-77-90-46-20-4-21-47-90)115(144-84-97-60-34-11-35-61-97)107(69-101)138-78-91-48-22-5-23-49-91)125(134,120(130)103-72-110(141-81-94-54-28-8-29-55-94)117(146-86-99-64-38-13-39-65-99)111(73-103)142-82-95-56-30-9-31-57-95)124(133,122(131,147-121)74-87-40-14-1-15-41-87)119(129)102-70-108(139-79-92-50-24-6-25-51-92)116(145-85-98-62-36-12-37-63-98)109(71-102)140-80-93-52-26-7-27-53-93/h1-73,112,121,126,131-134H,74-86H2/t112?,121-,122+,123-,124+,125+/m1/s1. The van der Waals surface area contributed by atoms with Gasteiger partial charge in [-0.25, -0.2) is 0 Å². The second-order valence-electron chi connectivity index (χ2n) is 35.5. The fourth-order valence-corrected chi connectivity index (χ4v) is 17.4. The van der Waals surface area contributed by atoms with Crippen LogP contribution in [0.25, 0.3) is 0 Å². The Hall–Kier alpha value is -17.2. The predicted molar refractivity (Wildman–Crippen MR) is 553 cm³/mol. The average Bonchev–Trinajstić information content (AvgIpc) is 0.658. The molecule has 1 unspecified atom stereocenters. The van der Waals surface area contributed by atoms with Crippen molar-refractivity contribution in [2.45, 2.75) is 121 Å². The highest BCUT2D eigenvalue weighted by Gasteiger charge is 2.85. The molecule has 6 atom stereocenters. The molecule has 18 rings (SSSR count). The van der Waals surface area contributed by atoms with Gasteiger partial charge < -0.3 is 87.1 Å². The number of carbonyl (C=O) groups is 4. The second-order valence-corrected chi connectivity index (χ2v) is 35.5. The molecule has 1 saturated heterocycles. The van der Waals surface area contributed by atoms with Crippen LogP contribution in [-0.4, -0.2) is 77.4 Å². The first-order valence-corrected chi connectivity index (χ1v) is 48.1. The minimum atomic E-state index is -4.95. The molecule has 22 heteroatoms. The first-order chi connectivity index (χ1) is 71.9. The summed E-state index contributed by atoms with van der Waals surface area (Å²) in [6, 6.07) is 125. The van der Waals surface area contributed by atoms with E-state index < -0.39 is 86.6 Å². The molecule has 0 amide bonds. The molecule has 1 heterocycles. The number of aliphatic hydroxyl groups excluding tert-OH is 1. The van der Waals surface area contributed by atoms with Crippen molar-refractivity contribution in [1.29, 1.82) is 0 Å². The number of carbonyl (C=O) groups excluding carboxylic acids is 4. The molecule has 147 heavy (non-hydrogen) atoms. The van der Waals surface area contributed by atoms with Gasteiger partial charge in [0.15, 0.2) is 57.9 Å². The third-order valence-electron chi connectivity index (χ3n) is 25.2. The van der Waals surface area contributed by atoms with E-state index >= 15 is 39.6 Å². The minimum absolute atomic E-state index is 0.0315. The van der Waals surface area contributed by atoms with Gasteiger partial charge in [0.2, 0.25) is 62.9 Å². The summed E-state index contributed by atoms with van der Waals surface area (Å²) in [6.07, 6.45) is -7.53. The summed E-state index contributed by atoms with van der Waals surface area (Å²) in [4.78, 5) is 74.0. The van der Waals surface area contributed by atoms with E-state index in [4.69, 9.17) is 61.6 Å². The zero-order valence-corrected chi connectivity index (χ0v) is 80.2. The summed E-state index contributed by atoms with van der Waals surface area (Å²) in [5, 5.41) is 78.2. The highest BCUT2D eigenvalue weighted by molar-refractivity contribution is 6.21. The first kappa shape index (κ1) is 99.9. The second kappa shape index (κ2) is 47.3. The summed E-state index contributed by atoms with van der Waals surface area (Å²) >= 11 is 0. The summed E-state index contributed by atoms with van der Waals surface area (Å²) in [6.45, 7) is -2.57. The number of ketones is 4. The van der Waals surface area contributed by atoms with Crippen LogP contribution in [0.1, 0.15) is 115 Å². The topological polar surface area (TPSA) is 289 Å². The lowest BCUT2D eigenvalue weighted by atomic mass is 9.54. The van der Waals surface area contributed by atoms with E-state index in [-0.39, 0.29) is 154 Å². The molecule has 0 radical (unpaired) electrons. The van der Waals surface area contributed by atoms with E-state index in [1.807, 2.05) is 170 Å². The van der Waals surface area contributed by atoms with Crippen LogP contribution in [0.2, 0.25) is 0 Å². The molecule has 0 bridgehead atoms. The maximum absolute atomic E-state index is 18.9. The molecule has 17 aromatic carbocycles. The van der Waals surface area contributed by atoms with Gasteiger partial charge in [-0.05, 0) is 126 Å². The maximum atomic E-state index is 18.9. The molecular weight excluding hydrogens is 1850 g/mol. The number of hydrogen-bond acceptors (Lipinski definition) is 22. The van der Waals surface area contributed by atoms with Crippen molar-refractivity contribution in [2.75, 3.05) is 0 Å². The normalized spacial score (nSPS) is 16.4. The average molecular weight is 1960 g/mol.